The molecule has 1 aliphatic rings. The predicted molar refractivity (Wildman–Crippen MR) is 54.0 cm³/mol. The van der Waals surface area contributed by atoms with E-state index >= 15 is 0 Å². The van der Waals surface area contributed by atoms with Crippen molar-refractivity contribution in [3.8, 4) is 11.5 Å². The van der Waals surface area contributed by atoms with Gasteiger partial charge in [0.25, 0.3) is 0 Å². The van der Waals surface area contributed by atoms with E-state index in [1.807, 2.05) is 6.07 Å². The predicted octanol–water partition coefficient (Wildman–Crippen LogP) is 2.94. The first-order valence-corrected chi connectivity index (χ1v) is 5.17. The van der Waals surface area contributed by atoms with Gasteiger partial charge in [-0.2, -0.15) is 0 Å². The van der Waals surface area contributed by atoms with Gasteiger partial charge in [0, 0.05) is 0 Å². The van der Waals surface area contributed by atoms with Gasteiger partial charge in [-0.1, -0.05) is 6.07 Å². The fraction of sp³-hybridized carbons (Fsp3) is 0.400. The summed E-state index contributed by atoms with van der Waals surface area (Å²) in [5, 5.41) is 9.35. The Balaban J connectivity index is 2.05. The second kappa shape index (κ2) is 3.58. The van der Waals surface area contributed by atoms with E-state index in [0.717, 1.165) is 18.3 Å². The summed E-state index contributed by atoms with van der Waals surface area (Å²) in [5.74, 6) is 1.69. The largest absolute Gasteiger partial charge is 0.507 e. The Morgan fingerprint density at radius 2 is 2.23 bits per heavy atom. The lowest BCUT2D eigenvalue weighted by Crippen LogP contribution is -1.99. The molecule has 1 aromatic carbocycles. The SMILES string of the molecule is Oc1cccc(OCC2CC2)c1Br. The Kier molecular flexibility index (Phi) is 2.44. The van der Waals surface area contributed by atoms with Crippen molar-refractivity contribution in [3.63, 3.8) is 0 Å². The number of phenolic OH excluding ortho intramolecular Hbond substituents is 1. The van der Waals surface area contributed by atoms with Crippen LogP contribution in [0.4, 0.5) is 0 Å². The fourth-order valence-electron chi connectivity index (χ4n) is 1.10. The van der Waals surface area contributed by atoms with Crippen LogP contribution in [0.15, 0.2) is 22.7 Å². The van der Waals surface area contributed by atoms with Crippen LogP contribution in [0, 0.1) is 5.92 Å². The highest BCUT2D eigenvalue weighted by Gasteiger charge is 2.22. The van der Waals surface area contributed by atoms with Crippen molar-refractivity contribution in [1.82, 2.24) is 0 Å². The van der Waals surface area contributed by atoms with Gasteiger partial charge in [0.05, 0.1) is 6.61 Å². The molecule has 0 spiro atoms. The van der Waals surface area contributed by atoms with Gasteiger partial charge in [-0.25, -0.2) is 0 Å². The lowest BCUT2D eigenvalue weighted by atomic mass is 10.3. The molecule has 0 saturated heterocycles. The zero-order valence-electron chi connectivity index (χ0n) is 7.16. The number of rotatable bonds is 3. The topological polar surface area (TPSA) is 29.5 Å². The maximum absolute atomic E-state index is 9.35. The Morgan fingerprint density at radius 1 is 1.46 bits per heavy atom. The smallest absolute Gasteiger partial charge is 0.137 e. The molecule has 1 aromatic rings. The zero-order valence-corrected chi connectivity index (χ0v) is 8.75. The van der Waals surface area contributed by atoms with Crippen molar-refractivity contribution in [2.24, 2.45) is 5.92 Å². The maximum atomic E-state index is 9.35. The average molecular weight is 243 g/mol. The Morgan fingerprint density at radius 3 is 2.92 bits per heavy atom. The standard InChI is InChI=1S/C10H11BrO2/c11-10-8(12)2-1-3-9(10)13-6-7-4-5-7/h1-3,7,12H,4-6H2. The molecule has 2 rings (SSSR count). The van der Waals surface area contributed by atoms with Crippen LogP contribution in [0.2, 0.25) is 0 Å². The molecule has 0 unspecified atom stereocenters. The van der Waals surface area contributed by atoms with Crippen LogP contribution < -0.4 is 4.74 Å². The van der Waals surface area contributed by atoms with E-state index in [4.69, 9.17) is 4.74 Å². The molecular formula is C10H11BrO2. The molecule has 1 saturated carbocycles. The van der Waals surface area contributed by atoms with E-state index in [9.17, 15) is 5.11 Å². The van der Waals surface area contributed by atoms with Crippen LogP contribution >= 0.6 is 15.9 Å². The summed E-state index contributed by atoms with van der Waals surface area (Å²) in [4.78, 5) is 0. The lowest BCUT2D eigenvalue weighted by molar-refractivity contribution is 0.296. The quantitative estimate of drug-likeness (QED) is 0.884. The molecule has 2 nitrogen and oxygen atoms in total. The summed E-state index contributed by atoms with van der Waals surface area (Å²) in [6.07, 6.45) is 2.55. The normalized spacial score (nSPS) is 15.8. The number of phenols is 1. The minimum Gasteiger partial charge on any atom is -0.507 e. The summed E-state index contributed by atoms with van der Waals surface area (Å²) >= 11 is 3.28. The fourth-order valence-corrected chi connectivity index (χ4v) is 1.48. The van der Waals surface area contributed by atoms with Crippen LogP contribution in [-0.4, -0.2) is 11.7 Å². The van der Waals surface area contributed by atoms with Gasteiger partial charge in [-0.15, -0.1) is 0 Å². The van der Waals surface area contributed by atoms with E-state index < -0.39 is 0 Å². The van der Waals surface area contributed by atoms with Crippen LogP contribution in [0.3, 0.4) is 0 Å². The van der Waals surface area contributed by atoms with E-state index in [-0.39, 0.29) is 5.75 Å². The van der Waals surface area contributed by atoms with Crippen molar-refractivity contribution in [1.29, 1.82) is 0 Å². The van der Waals surface area contributed by atoms with Crippen molar-refractivity contribution >= 4 is 15.9 Å². The third-order valence-corrected chi connectivity index (χ3v) is 2.91. The number of benzene rings is 1. The summed E-state index contributed by atoms with van der Waals surface area (Å²) in [5.41, 5.74) is 0. The molecule has 0 bridgehead atoms. The molecule has 0 atom stereocenters. The average Bonchev–Trinajstić information content (AvgIpc) is 2.91. The van der Waals surface area contributed by atoms with Crippen molar-refractivity contribution < 1.29 is 9.84 Å². The molecule has 0 heterocycles. The number of hydrogen-bond donors (Lipinski definition) is 1. The van der Waals surface area contributed by atoms with Gasteiger partial charge in [0.15, 0.2) is 0 Å². The molecule has 13 heavy (non-hydrogen) atoms. The first kappa shape index (κ1) is 8.88. The summed E-state index contributed by atoms with van der Waals surface area (Å²) < 4.78 is 6.18. The summed E-state index contributed by atoms with van der Waals surface area (Å²) in [7, 11) is 0. The number of hydrogen-bond acceptors (Lipinski definition) is 2. The minimum absolute atomic E-state index is 0.230. The summed E-state index contributed by atoms with van der Waals surface area (Å²) in [6.45, 7) is 0.766. The highest BCUT2D eigenvalue weighted by atomic mass is 79.9. The zero-order chi connectivity index (χ0) is 9.26. The monoisotopic (exact) mass is 242 g/mol. The Hall–Kier alpha value is -0.700. The lowest BCUT2D eigenvalue weighted by Gasteiger charge is -2.07. The molecule has 1 fully saturated rings. The highest BCUT2D eigenvalue weighted by molar-refractivity contribution is 9.10. The van der Waals surface area contributed by atoms with E-state index in [1.165, 1.54) is 12.8 Å². The molecule has 0 aliphatic heterocycles. The first-order chi connectivity index (χ1) is 6.27. The van der Waals surface area contributed by atoms with Gasteiger partial charge in [-0.3, -0.25) is 0 Å². The summed E-state index contributed by atoms with van der Waals surface area (Å²) in [6, 6.07) is 5.27. The number of halogens is 1. The van der Waals surface area contributed by atoms with Crippen LogP contribution in [0.1, 0.15) is 12.8 Å². The van der Waals surface area contributed by atoms with E-state index in [2.05, 4.69) is 15.9 Å². The molecule has 70 valence electrons. The highest BCUT2D eigenvalue weighted by Crippen LogP contribution is 2.35. The third kappa shape index (κ3) is 2.15. The van der Waals surface area contributed by atoms with Crippen molar-refractivity contribution in [3.05, 3.63) is 22.7 Å². The molecule has 0 aromatic heterocycles. The van der Waals surface area contributed by atoms with Crippen LogP contribution in [0.25, 0.3) is 0 Å². The van der Waals surface area contributed by atoms with Gasteiger partial charge in [-0.05, 0) is 46.8 Å². The molecule has 0 radical (unpaired) electrons. The number of aromatic hydroxyl groups is 1. The van der Waals surface area contributed by atoms with Crippen molar-refractivity contribution in [2.75, 3.05) is 6.61 Å². The molecule has 3 heteroatoms. The minimum atomic E-state index is 0.230. The maximum Gasteiger partial charge on any atom is 0.137 e. The third-order valence-electron chi connectivity index (χ3n) is 2.11. The van der Waals surface area contributed by atoms with Gasteiger partial charge in [0.2, 0.25) is 0 Å². The second-order valence-electron chi connectivity index (χ2n) is 3.34. The van der Waals surface area contributed by atoms with E-state index in [0.29, 0.717) is 4.47 Å². The molecule has 0 amide bonds. The van der Waals surface area contributed by atoms with Crippen LogP contribution in [-0.2, 0) is 0 Å². The van der Waals surface area contributed by atoms with Crippen LogP contribution in [0.5, 0.6) is 11.5 Å². The van der Waals surface area contributed by atoms with E-state index in [1.54, 1.807) is 12.1 Å². The Labute approximate surface area is 85.7 Å². The van der Waals surface area contributed by atoms with Gasteiger partial charge in [0.1, 0.15) is 16.0 Å². The molecule has 1 aliphatic carbocycles. The Bertz CT molecular complexity index is 308. The van der Waals surface area contributed by atoms with Gasteiger partial charge < -0.3 is 9.84 Å². The molecule has 1 N–H and O–H groups in total. The van der Waals surface area contributed by atoms with Crippen molar-refractivity contribution in [2.45, 2.75) is 12.8 Å². The molecular weight excluding hydrogens is 232 g/mol. The first-order valence-electron chi connectivity index (χ1n) is 4.37. The van der Waals surface area contributed by atoms with Gasteiger partial charge >= 0.3 is 0 Å². The number of ether oxygens (including phenoxy) is 1. The second-order valence-corrected chi connectivity index (χ2v) is 4.14.